The fourth-order valence-electron chi connectivity index (χ4n) is 3.24. The van der Waals surface area contributed by atoms with E-state index in [1.165, 1.54) is 11.1 Å². The first-order valence-corrected chi connectivity index (χ1v) is 9.21. The Morgan fingerprint density at radius 3 is 1.85 bits per heavy atom. The number of rotatable bonds is 3. The quantitative estimate of drug-likeness (QED) is 0.459. The molecule has 0 fully saturated rings. The van der Waals surface area contributed by atoms with E-state index < -0.39 is 0 Å². The van der Waals surface area contributed by atoms with E-state index in [4.69, 9.17) is 0 Å². The van der Waals surface area contributed by atoms with E-state index in [1.807, 2.05) is 24.3 Å². The number of nitrogens with zero attached hydrogens (tertiary/aromatic N) is 3. The number of hydrogen-bond acceptors (Lipinski definition) is 2. The number of aromatic nitrogens is 3. The van der Waals surface area contributed by atoms with Crippen molar-refractivity contribution in [2.45, 2.75) is 26.2 Å². The van der Waals surface area contributed by atoms with Crippen LogP contribution in [-0.2, 0) is 5.41 Å². The smallest absolute Gasteiger partial charge is 0.168 e. The Labute approximate surface area is 160 Å². The summed E-state index contributed by atoms with van der Waals surface area (Å²) >= 11 is 0. The summed E-state index contributed by atoms with van der Waals surface area (Å²) in [6.07, 6.45) is 0. The maximum absolute atomic E-state index is 4.56. The minimum Gasteiger partial charge on any atom is -0.279 e. The molecule has 0 aliphatic rings. The molecule has 0 atom stereocenters. The molecule has 0 bridgehead atoms. The summed E-state index contributed by atoms with van der Waals surface area (Å²) in [4.78, 5) is 0. The van der Waals surface area contributed by atoms with E-state index >= 15 is 0 Å². The van der Waals surface area contributed by atoms with Crippen molar-refractivity contribution in [3.05, 3.63) is 90.8 Å². The highest BCUT2D eigenvalue weighted by atomic mass is 15.3. The second kappa shape index (κ2) is 6.84. The van der Waals surface area contributed by atoms with Gasteiger partial charge in [0.1, 0.15) is 5.82 Å². The van der Waals surface area contributed by atoms with E-state index in [9.17, 15) is 0 Å². The molecule has 0 aliphatic heterocycles. The lowest BCUT2D eigenvalue weighted by Crippen LogP contribution is -2.18. The van der Waals surface area contributed by atoms with Crippen molar-refractivity contribution in [1.82, 2.24) is 14.8 Å². The molecule has 0 saturated carbocycles. The minimum absolute atomic E-state index is 0.122. The molecule has 0 saturated heterocycles. The Kier molecular flexibility index (Phi) is 4.36. The van der Waals surface area contributed by atoms with Gasteiger partial charge in [0, 0.05) is 16.7 Å². The lowest BCUT2D eigenvalue weighted by molar-refractivity contribution is 0.533. The second-order valence-electron chi connectivity index (χ2n) is 7.72. The van der Waals surface area contributed by atoms with Crippen molar-refractivity contribution >= 4 is 0 Å². The van der Waals surface area contributed by atoms with Crippen LogP contribution in [0.3, 0.4) is 0 Å². The minimum atomic E-state index is -0.122. The third-order valence-electron chi connectivity index (χ3n) is 4.58. The van der Waals surface area contributed by atoms with Crippen LogP contribution in [0.5, 0.6) is 0 Å². The van der Waals surface area contributed by atoms with Gasteiger partial charge in [-0.15, -0.1) is 10.2 Å². The van der Waals surface area contributed by atoms with Gasteiger partial charge in [-0.25, -0.2) is 0 Å². The Bertz CT molecular complexity index is 1040. The summed E-state index contributed by atoms with van der Waals surface area (Å²) in [6.45, 7) is 6.51. The van der Waals surface area contributed by atoms with Crippen molar-refractivity contribution in [3.8, 4) is 28.2 Å². The summed E-state index contributed by atoms with van der Waals surface area (Å²) in [7, 11) is 0. The van der Waals surface area contributed by atoms with Gasteiger partial charge >= 0.3 is 0 Å². The van der Waals surface area contributed by atoms with Crippen LogP contribution in [0.25, 0.3) is 28.2 Å². The molecule has 3 heteroatoms. The van der Waals surface area contributed by atoms with E-state index in [0.717, 1.165) is 22.9 Å². The molecule has 0 unspecified atom stereocenters. The van der Waals surface area contributed by atoms with Gasteiger partial charge in [-0.1, -0.05) is 93.6 Å². The molecule has 1 aromatic heterocycles. The predicted octanol–water partition coefficient (Wildman–Crippen LogP) is 5.90. The molecule has 27 heavy (non-hydrogen) atoms. The molecular formula is C24H23N3. The Morgan fingerprint density at radius 2 is 1.22 bits per heavy atom. The van der Waals surface area contributed by atoms with Gasteiger partial charge in [0.2, 0.25) is 0 Å². The van der Waals surface area contributed by atoms with Crippen LogP contribution in [0.2, 0.25) is 0 Å². The molecular weight excluding hydrogens is 330 g/mol. The molecule has 0 spiro atoms. The van der Waals surface area contributed by atoms with Crippen LogP contribution in [0.4, 0.5) is 0 Å². The molecule has 0 N–H and O–H groups in total. The molecule has 0 amide bonds. The van der Waals surface area contributed by atoms with E-state index in [1.54, 1.807) is 0 Å². The molecule has 0 aliphatic carbocycles. The average Bonchev–Trinajstić information content (AvgIpc) is 3.15. The van der Waals surface area contributed by atoms with Gasteiger partial charge < -0.3 is 0 Å². The average molecular weight is 353 g/mol. The normalized spacial score (nSPS) is 11.5. The highest BCUT2D eigenvalue weighted by Gasteiger charge is 2.25. The highest BCUT2D eigenvalue weighted by Crippen LogP contribution is 2.31. The van der Waals surface area contributed by atoms with E-state index in [-0.39, 0.29) is 5.41 Å². The monoisotopic (exact) mass is 353 g/mol. The summed E-state index contributed by atoms with van der Waals surface area (Å²) in [5, 5.41) is 9.10. The number of benzene rings is 3. The van der Waals surface area contributed by atoms with Gasteiger partial charge in [-0.2, -0.15) is 0 Å². The van der Waals surface area contributed by atoms with Crippen LogP contribution in [0.15, 0.2) is 84.9 Å². The largest absolute Gasteiger partial charge is 0.279 e. The molecule has 4 aromatic rings. The van der Waals surface area contributed by atoms with Gasteiger partial charge in [0.05, 0.1) is 0 Å². The van der Waals surface area contributed by atoms with Crippen LogP contribution in [-0.4, -0.2) is 14.8 Å². The first-order chi connectivity index (χ1) is 13.0. The molecule has 3 nitrogen and oxygen atoms in total. The number of hydrogen-bond donors (Lipinski definition) is 0. The summed E-state index contributed by atoms with van der Waals surface area (Å²) in [6, 6.07) is 29.2. The van der Waals surface area contributed by atoms with E-state index in [0.29, 0.717) is 0 Å². The highest BCUT2D eigenvalue weighted by molar-refractivity contribution is 5.67. The molecule has 3 aromatic carbocycles. The zero-order valence-corrected chi connectivity index (χ0v) is 15.9. The van der Waals surface area contributed by atoms with Crippen LogP contribution in [0, 0.1) is 0 Å². The fourth-order valence-corrected chi connectivity index (χ4v) is 3.24. The summed E-state index contributed by atoms with van der Waals surface area (Å²) < 4.78 is 2.18. The molecule has 4 rings (SSSR count). The van der Waals surface area contributed by atoms with Crippen molar-refractivity contribution in [2.24, 2.45) is 0 Å². The van der Waals surface area contributed by atoms with Crippen LogP contribution < -0.4 is 0 Å². The fraction of sp³-hybridized carbons (Fsp3) is 0.167. The Balaban J connectivity index is 1.92. The van der Waals surface area contributed by atoms with Crippen molar-refractivity contribution in [1.29, 1.82) is 0 Å². The van der Waals surface area contributed by atoms with E-state index in [2.05, 4.69) is 96.2 Å². The lowest BCUT2D eigenvalue weighted by Gasteiger charge is -2.20. The Morgan fingerprint density at radius 1 is 0.630 bits per heavy atom. The van der Waals surface area contributed by atoms with Crippen molar-refractivity contribution < 1.29 is 0 Å². The van der Waals surface area contributed by atoms with Gasteiger partial charge in [0.25, 0.3) is 0 Å². The third-order valence-corrected chi connectivity index (χ3v) is 4.58. The molecule has 1 heterocycles. The van der Waals surface area contributed by atoms with Crippen molar-refractivity contribution in [2.75, 3.05) is 0 Å². The predicted molar refractivity (Wildman–Crippen MR) is 111 cm³/mol. The van der Waals surface area contributed by atoms with Gasteiger partial charge in [0.15, 0.2) is 5.82 Å². The van der Waals surface area contributed by atoms with Gasteiger partial charge in [-0.05, 0) is 23.3 Å². The Hall–Kier alpha value is -3.20. The standard InChI is InChI=1S/C24H23N3/c1-24(2,3)23-26-25-22(19-13-8-5-9-14-19)27(23)21-16-10-15-20(17-21)18-11-6-4-7-12-18/h4-17H,1-3H3. The zero-order chi connectivity index (χ0) is 18.9. The van der Waals surface area contributed by atoms with Crippen LogP contribution in [0.1, 0.15) is 26.6 Å². The zero-order valence-electron chi connectivity index (χ0n) is 15.9. The topological polar surface area (TPSA) is 30.7 Å². The van der Waals surface area contributed by atoms with Crippen molar-refractivity contribution in [3.63, 3.8) is 0 Å². The summed E-state index contributed by atoms with van der Waals surface area (Å²) in [5.74, 6) is 1.82. The molecule has 0 radical (unpaired) electrons. The summed E-state index contributed by atoms with van der Waals surface area (Å²) in [5.41, 5.74) is 4.39. The SMILES string of the molecule is CC(C)(C)c1nnc(-c2ccccc2)n1-c1cccc(-c2ccccc2)c1. The van der Waals surface area contributed by atoms with Crippen LogP contribution >= 0.6 is 0 Å². The second-order valence-corrected chi connectivity index (χ2v) is 7.72. The first-order valence-electron chi connectivity index (χ1n) is 9.21. The maximum Gasteiger partial charge on any atom is 0.168 e. The lowest BCUT2D eigenvalue weighted by atomic mass is 9.95. The first kappa shape index (κ1) is 17.2. The third kappa shape index (κ3) is 3.41. The van der Waals surface area contributed by atoms with Gasteiger partial charge in [-0.3, -0.25) is 4.57 Å². The molecule has 134 valence electrons. The maximum atomic E-state index is 4.56.